The van der Waals surface area contributed by atoms with Crippen LogP contribution in [0.25, 0.3) is 0 Å². The summed E-state index contributed by atoms with van der Waals surface area (Å²) in [5.74, 6) is 0.354. The first-order valence-electron chi connectivity index (χ1n) is 5.96. The largest absolute Gasteiger partial charge is 0.489 e. The van der Waals surface area contributed by atoms with Gasteiger partial charge in [-0.25, -0.2) is 4.39 Å². The third-order valence-corrected chi connectivity index (χ3v) is 3.74. The van der Waals surface area contributed by atoms with Gasteiger partial charge in [-0.1, -0.05) is 17.3 Å². The van der Waals surface area contributed by atoms with Crippen molar-refractivity contribution in [2.75, 3.05) is 0 Å². The summed E-state index contributed by atoms with van der Waals surface area (Å²) in [4.78, 5) is 0. The van der Waals surface area contributed by atoms with Gasteiger partial charge in [0.05, 0.1) is 10.2 Å². The maximum absolute atomic E-state index is 13.3. The van der Waals surface area contributed by atoms with Crippen molar-refractivity contribution in [3.63, 3.8) is 0 Å². The quantitative estimate of drug-likeness (QED) is 0.511. The average Bonchev–Trinajstić information content (AvgIpc) is 2.48. The van der Waals surface area contributed by atoms with E-state index >= 15 is 0 Å². The summed E-state index contributed by atoms with van der Waals surface area (Å²) < 4.78 is 19.4. The summed E-state index contributed by atoms with van der Waals surface area (Å²) in [6, 6.07) is 12.0. The van der Waals surface area contributed by atoms with Crippen molar-refractivity contribution >= 4 is 21.6 Å². The van der Waals surface area contributed by atoms with Crippen LogP contribution in [0.3, 0.4) is 0 Å². The van der Waals surface area contributed by atoms with Gasteiger partial charge in [0, 0.05) is 5.56 Å². The number of nitrogens with zero attached hydrogens (tertiary/aromatic N) is 1. The Morgan fingerprint density at radius 3 is 2.60 bits per heavy atom. The van der Waals surface area contributed by atoms with E-state index in [1.165, 1.54) is 6.07 Å². The Bertz CT molecular complexity index is 626. The molecule has 0 atom stereocenters. The molecule has 0 amide bonds. The fraction of sp³-hybridized carbons (Fsp3) is 0.133. The first-order chi connectivity index (χ1) is 9.61. The Labute approximate surface area is 124 Å². The second-order valence-electron chi connectivity index (χ2n) is 4.21. The summed E-state index contributed by atoms with van der Waals surface area (Å²) in [7, 11) is 0. The van der Waals surface area contributed by atoms with E-state index in [0.29, 0.717) is 15.9 Å². The molecule has 0 aliphatic heterocycles. The molecule has 5 heteroatoms. The van der Waals surface area contributed by atoms with E-state index in [1.807, 2.05) is 0 Å². The van der Waals surface area contributed by atoms with Gasteiger partial charge in [0.15, 0.2) is 0 Å². The Morgan fingerprint density at radius 1 is 1.25 bits per heavy atom. The summed E-state index contributed by atoms with van der Waals surface area (Å²) in [6.45, 7) is 1.98. The molecule has 0 saturated carbocycles. The Balaban J connectivity index is 2.06. The zero-order valence-corrected chi connectivity index (χ0v) is 12.4. The first-order valence-corrected chi connectivity index (χ1v) is 6.76. The minimum absolute atomic E-state index is 0.269. The number of hydrogen-bond donors (Lipinski definition) is 1. The van der Waals surface area contributed by atoms with E-state index in [1.54, 1.807) is 43.3 Å². The lowest BCUT2D eigenvalue weighted by molar-refractivity contribution is 0.304. The van der Waals surface area contributed by atoms with Crippen molar-refractivity contribution < 1.29 is 14.3 Å². The van der Waals surface area contributed by atoms with Crippen LogP contribution in [-0.2, 0) is 6.61 Å². The molecule has 0 spiro atoms. The van der Waals surface area contributed by atoms with Gasteiger partial charge in [0.1, 0.15) is 18.2 Å². The third kappa shape index (κ3) is 3.36. The van der Waals surface area contributed by atoms with E-state index in [4.69, 9.17) is 9.94 Å². The fourth-order valence-electron chi connectivity index (χ4n) is 1.67. The molecule has 0 aliphatic rings. The highest BCUT2D eigenvalue weighted by Gasteiger charge is 2.06. The zero-order valence-electron chi connectivity index (χ0n) is 10.8. The molecule has 3 nitrogen and oxygen atoms in total. The molecule has 0 unspecified atom stereocenters. The van der Waals surface area contributed by atoms with E-state index in [-0.39, 0.29) is 12.4 Å². The molecule has 0 aromatic heterocycles. The topological polar surface area (TPSA) is 41.8 Å². The molecule has 20 heavy (non-hydrogen) atoms. The van der Waals surface area contributed by atoms with Gasteiger partial charge in [0.25, 0.3) is 0 Å². The second-order valence-corrected chi connectivity index (χ2v) is 5.00. The minimum Gasteiger partial charge on any atom is -0.489 e. The number of halogens is 2. The average molecular weight is 338 g/mol. The highest BCUT2D eigenvalue weighted by molar-refractivity contribution is 9.10. The summed E-state index contributed by atoms with van der Waals surface area (Å²) >= 11 is 3.20. The van der Waals surface area contributed by atoms with Gasteiger partial charge >= 0.3 is 0 Å². The van der Waals surface area contributed by atoms with Crippen LogP contribution in [-0.4, -0.2) is 10.9 Å². The van der Waals surface area contributed by atoms with Crippen molar-refractivity contribution in [2.24, 2.45) is 5.16 Å². The SMILES string of the molecule is C/C(=N/O)c1ccc(OCc2cccc(F)c2Br)cc1. The van der Waals surface area contributed by atoms with E-state index in [0.717, 1.165) is 11.1 Å². The van der Waals surface area contributed by atoms with Crippen molar-refractivity contribution in [1.29, 1.82) is 0 Å². The van der Waals surface area contributed by atoms with E-state index in [2.05, 4.69) is 21.1 Å². The molecule has 104 valence electrons. The number of hydrogen-bond acceptors (Lipinski definition) is 3. The van der Waals surface area contributed by atoms with Crippen molar-refractivity contribution in [3.05, 3.63) is 63.9 Å². The second kappa shape index (κ2) is 6.52. The number of benzene rings is 2. The van der Waals surface area contributed by atoms with Crippen LogP contribution in [0.5, 0.6) is 5.75 Å². The van der Waals surface area contributed by atoms with Crippen LogP contribution >= 0.6 is 15.9 Å². The molecule has 1 N–H and O–H groups in total. The van der Waals surface area contributed by atoms with Gasteiger partial charge in [-0.15, -0.1) is 0 Å². The van der Waals surface area contributed by atoms with Crippen LogP contribution in [0.1, 0.15) is 18.1 Å². The maximum atomic E-state index is 13.3. The molecule has 2 rings (SSSR count). The molecule has 0 radical (unpaired) electrons. The Kier molecular flexibility index (Phi) is 4.74. The highest BCUT2D eigenvalue weighted by atomic mass is 79.9. The van der Waals surface area contributed by atoms with Gasteiger partial charge in [-0.3, -0.25) is 0 Å². The summed E-state index contributed by atoms with van der Waals surface area (Å²) in [5, 5.41) is 11.8. The molecule has 0 bridgehead atoms. The monoisotopic (exact) mass is 337 g/mol. The maximum Gasteiger partial charge on any atom is 0.137 e. The number of ether oxygens (including phenoxy) is 1. The molecule has 2 aromatic rings. The summed E-state index contributed by atoms with van der Waals surface area (Å²) in [6.07, 6.45) is 0. The minimum atomic E-state index is -0.309. The smallest absolute Gasteiger partial charge is 0.137 e. The highest BCUT2D eigenvalue weighted by Crippen LogP contribution is 2.22. The van der Waals surface area contributed by atoms with Crippen LogP contribution in [0.15, 0.2) is 52.1 Å². The van der Waals surface area contributed by atoms with Crippen LogP contribution in [0.4, 0.5) is 4.39 Å². The van der Waals surface area contributed by atoms with E-state index < -0.39 is 0 Å². The standard InChI is InChI=1S/C15H13BrFNO2/c1-10(18-19)11-5-7-13(8-6-11)20-9-12-3-2-4-14(17)15(12)16/h2-8,19H,9H2,1H3/b18-10-. The Hall–Kier alpha value is -1.88. The van der Waals surface area contributed by atoms with Gasteiger partial charge < -0.3 is 9.94 Å². The number of oxime groups is 1. The van der Waals surface area contributed by atoms with Crippen molar-refractivity contribution in [2.45, 2.75) is 13.5 Å². The number of rotatable bonds is 4. The predicted molar refractivity (Wildman–Crippen MR) is 78.9 cm³/mol. The van der Waals surface area contributed by atoms with Gasteiger partial charge in [-0.2, -0.15) is 0 Å². The molecular weight excluding hydrogens is 325 g/mol. The van der Waals surface area contributed by atoms with Crippen LogP contribution in [0.2, 0.25) is 0 Å². The summed E-state index contributed by atoms with van der Waals surface area (Å²) in [5.41, 5.74) is 2.08. The van der Waals surface area contributed by atoms with E-state index in [9.17, 15) is 4.39 Å². The lowest BCUT2D eigenvalue weighted by Gasteiger charge is -2.09. The molecule has 0 saturated heterocycles. The molecule has 2 aromatic carbocycles. The third-order valence-electron chi connectivity index (χ3n) is 2.85. The molecule has 0 heterocycles. The lowest BCUT2D eigenvalue weighted by Crippen LogP contribution is -1.99. The first kappa shape index (κ1) is 14.5. The van der Waals surface area contributed by atoms with Crippen molar-refractivity contribution in [3.8, 4) is 5.75 Å². The van der Waals surface area contributed by atoms with Gasteiger partial charge in [0.2, 0.25) is 0 Å². The Morgan fingerprint density at radius 2 is 1.95 bits per heavy atom. The molecule has 0 fully saturated rings. The normalized spacial score (nSPS) is 11.4. The zero-order chi connectivity index (χ0) is 14.5. The molecule has 0 aliphatic carbocycles. The van der Waals surface area contributed by atoms with Gasteiger partial charge in [-0.05, 0) is 58.7 Å². The predicted octanol–water partition coefficient (Wildman–Crippen LogP) is 4.37. The fourth-order valence-corrected chi connectivity index (χ4v) is 2.05. The molecular formula is C15H13BrFNO2. The lowest BCUT2D eigenvalue weighted by atomic mass is 10.1. The van der Waals surface area contributed by atoms with Crippen LogP contribution < -0.4 is 4.74 Å². The van der Waals surface area contributed by atoms with Crippen LogP contribution in [0, 0.1) is 5.82 Å². The van der Waals surface area contributed by atoms with Crippen molar-refractivity contribution in [1.82, 2.24) is 0 Å².